The first-order valence-electron chi connectivity index (χ1n) is 4.98. The lowest BCUT2D eigenvalue weighted by molar-refractivity contribution is 0.0943. The van der Waals surface area contributed by atoms with Crippen LogP contribution in [0.4, 0.5) is 10.1 Å². The molecule has 4 N–H and O–H groups in total. The fraction of sp³-hybridized carbons (Fsp3) is 0.364. The summed E-state index contributed by atoms with van der Waals surface area (Å²) in [5, 5.41) is 11.4. The quantitative estimate of drug-likeness (QED) is 0.664. The fourth-order valence-corrected chi connectivity index (χ4v) is 1.15. The van der Waals surface area contributed by atoms with Crippen molar-refractivity contribution in [1.29, 1.82) is 0 Å². The Bertz CT molecular complexity index is 382. The highest BCUT2D eigenvalue weighted by atomic mass is 19.1. The van der Waals surface area contributed by atoms with E-state index >= 15 is 0 Å². The Morgan fingerprint density at radius 1 is 1.62 bits per heavy atom. The number of nitrogen functional groups attached to an aromatic ring is 1. The first-order chi connectivity index (χ1) is 7.54. The van der Waals surface area contributed by atoms with E-state index in [1.807, 2.05) is 0 Å². The van der Waals surface area contributed by atoms with Gasteiger partial charge in [0.1, 0.15) is 5.82 Å². The van der Waals surface area contributed by atoms with Crippen LogP contribution in [0.3, 0.4) is 0 Å². The Morgan fingerprint density at radius 2 is 2.31 bits per heavy atom. The Hall–Kier alpha value is -1.62. The van der Waals surface area contributed by atoms with Crippen LogP contribution in [0.2, 0.25) is 0 Å². The van der Waals surface area contributed by atoms with Crippen LogP contribution in [0.15, 0.2) is 18.2 Å². The highest BCUT2D eigenvalue weighted by Crippen LogP contribution is 2.13. The maximum atomic E-state index is 12.9. The Morgan fingerprint density at radius 3 is 2.94 bits per heavy atom. The number of hydrogen-bond acceptors (Lipinski definition) is 3. The van der Waals surface area contributed by atoms with Gasteiger partial charge in [0.2, 0.25) is 0 Å². The summed E-state index contributed by atoms with van der Waals surface area (Å²) in [6, 6.07) is 3.64. The molecule has 1 amide bonds. The smallest absolute Gasteiger partial charge is 0.253 e. The van der Waals surface area contributed by atoms with E-state index in [9.17, 15) is 9.18 Å². The molecule has 16 heavy (non-hydrogen) atoms. The number of aliphatic hydroxyl groups excluding tert-OH is 1. The molecule has 5 heteroatoms. The fourth-order valence-electron chi connectivity index (χ4n) is 1.15. The van der Waals surface area contributed by atoms with Crippen molar-refractivity contribution >= 4 is 11.6 Å². The van der Waals surface area contributed by atoms with E-state index in [-0.39, 0.29) is 23.8 Å². The van der Waals surface area contributed by atoms with Crippen molar-refractivity contribution in [1.82, 2.24) is 5.32 Å². The molecule has 1 unspecified atom stereocenters. The van der Waals surface area contributed by atoms with Crippen molar-refractivity contribution < 1.29 is 14.3 Å². The van der Waals surface area contributed by atoms with Crippen LogP contribution in [-0.2, 0) is 0 Å². The van der Waals surface area contributed by atoms with E-state index in [0.717, 1.165) is 6.07 Å². The number of nitrogens with one attached hydrogen (secondary N) is 1. The summed E-state index contributed by atoms with van der Waals surface area (Å²) in [4.78, 5) is 11.6. The number of amides is 1. The van der Waals surface area contributed by atoms with Crippen LogP contribution < -0.4 is 11.1 Å². The molecule has 0 aliphatic heterocycles. The molecule has 0 bridgehead atoms. The highest BCUT2D eigenvalue weighted by Gasteiger charge is 2.11. The minimum absolute atomic E-state index is 0.0150. The lowest BCUT2D eigenvalue weighted by atomic mass is 10.1. The summed E-state index contributed by atoms with van der Waals surface area (Å²) in [7, 11) is 0. The third-order valence-electron chi connectivity index (χ3n) is 2.18. The third kappa shape index (κ3) is 3.20. The molecule has 1 aromatic rings. The lowest BCUT2D eigenvalue weighted by Crippen LogP contribution is -2.30. The van der Waals surface area contributed by atoms with Gasteiger partial charge in [-0.2, -0.15) is 0 Å². The molecule has 0 aliphatic rings. The molecule has 4 nitrogen and oxygen atoms in total. The van der Waals surface area contributed by atoms with E-state index < -0.39 is 11.7 Å². The second-order valence-corrected chi connectivity index (χ2v) is 3.73. The largest absolute Gasteiger partial charge is 0.398 e. The van der Waals surface area contributed by atoms with Crippen molar-refractivity contribution in [2.24, 2.45) is 5.92 Å². The van der Waals surface area contributed by atoms with Crippen molar-refractivity contribution in [2.45, 2.75) is 6.92 Å². The molecule has 0 saturated carbocycles. The summed E-state index contributed by atoms with van der Waals surface area (Å²) >= 11 is 0. The normalized spacial score (nSPS) is 12.2. The SMILES string of the molecule is CC(CO)CNC(=O)c1cc(F)ccc1N. The van der Waals surface area contributed by atoms with Gasteiger partial charge in [-0.1, -0.05) is 6.92 Å². The minimum atomic E-state index is -0.505. The number of anilines is 1. The predicted octanol–water partition coefficient (Wildman–Crippen LogP) is 0.766. The van der Waals surface area contributed by atoms with Gasteiger partial charge in [-0.3, -0.25) is 4.79 Å². The standard InChI is InChI=1S/C11H15FN2O2/c1-7(6-15)5-14-11(16)9-4-8(12)2-3-10(9)13/h2-4,7,15H,5-6,13H2,1H3,(H,14,16). The van der Waals surface area contributed by atoms with Gasteiger partial charge in [-0.25, -0.2) is 4.39 Å². The summed E-state index contributed by atoms with van der Waals surface area (Å²) in [5.74, 6) is -0.981. The van der Waals surface area contributed by atoms with E-state index in [1.54, 1.807) is 6.92 Å². The van der Waals surface area contributed by atoms with Gasteiger partial charge in [0.15, 0.2) is 0 Å². The van der Waals surface area contributed by atoms with Crippen LogP contribution in [0, 0.1) is 11.7 Å². The van der Waals surface area contributed by atoms with Crippen molar-refractivity contribution in [3.63, 3.8) is 0 Å². The molecule has 88 valence electrons. The predicted molar refractivity (Wildman–Crippen MR) is 59.4 cm³/mol. The maximum Gasteiger partial charge on any atom is 0.253 e. The average molecular weight is 226 g/mol. The number of hydrogen-bond donors (Lipinski definition) is 3. The molecule has 0 radical (unpaired) electrons. The van der Waals surface area contributed by atoms with Gasteiger partial charge >= 0.3 is 0 Å². The van der Waals surface area contributed by atoms with Gasteiger partial charge in [-0.15, -0.1) is 0 Å². The zero-order valence-electron chi connectivity index (χ0n) is 9.03. The number of rotatable bonds is 4. The third-order valence-corrected chi connectivity index (χ3v) is 2.18. The number of aliphatic hydroxyl groups is 1. The molecule has 0 aromatic heterocycles. The molecular formula is C11H15FN2O2. The van der Waals surface area contributed by atoms with E-state index in [2.05, 4.69) is 5.32 Å². The first kappa shape index (κ1) is 12.4. The van der Waals surface area contributed by atoms with Crippen molar-refractivity contribution in [3.8, 4) is 0 Å². The molecule has 1 rings (SSSR count). The van der Waals surface area contributed by atoms with Gasteiger partial charge in [0, 0.05) is 18.8 Å². The van der Waals surface area contributed by atoms with Gasteiger partial charge in [0.25, 0.3) is 5.91 Å². The van der Waals surface area contributed by atoms with E-state index in [1.165, 1.54) is 12.1 Å². The lowest BCUT2D eigenvalue weighted by Gasteiger charge is -2.10. The zero-order valence-corrected chi connectivity index (χ0v) is 9.03. The maximum absolute atomic E-state index is 12.9. The van der Waals surface area contributed by atoms with Crippen LogP contribution >= 0.6 is 0 Å². The van der Waals surface area contributed by atoms with Gasteiger partial charge < -0.3 is 16.2 Å². The molecule has 0 heterocycles. The molecule has 0 fully saturated rings. The Labute approximate surface area is 93.3 Å². The highest BCUT2D eigenvalue weighted by molar-refractivity contribution is 5.99. The Kier molecular flexibility index (Phi) is 4.25. The van der Waals surface area contributed by atoms with E-state index in [0.29, 0.717) is 6.54 Å². The number of benzene rings is 1. The Balaban J connectivity index is 2.69. The van der Waals surface area contributed by atoms with Gasteiger partial charge in [-0.05, 0) is 24.1 Å². The molecular weight excluding hydrogens is 211 g/mol. The second-order valence-electron chi connectivity index (χ2n) is 3.73. The monoisotopic (exact) mass is 226 g/mol. The summed E-state index contributed by atoms with van der Waals surface area (Å²) in [6.07, 6.45) is 0. The first-order valence-corrected chi connectivity index (χ1v) is 4.98. The van der Waals surface area contributed by atoms with Crippen molar-refractivity contribution in [3.05, 3.63) is 29.6 Å². The van der Waals surface area contributed by atoms with Crippen LogP contribution in [0.25, 0.3) is 0 Å². The molecule has 1 aromatic carbocycles. The second kappa shape index (κ2) is 5.46. The topological polar surface area (TPSA) is 75.3 Å². The molecule has 0 saturated heterocycles. The average Bonchev–Trinajstić information content (AvgIpc) is 2.28. The minimum Gasteiger partial charge on any atom is -0.398 e. The molecule has 0 aliphatic carbocycles. The summed E-state index contributed by atoms with van der Waals surface area (Å²) in [5.41, 5.74) is 5.90. The molecule has 1 atom stereocenters. The van der Waals surface area contributed by atoms with Gasteiger partial charge in [0.05, 0.1) is 5.56 Å². The summed E-state index contributed by atoms with van der Waals surface area (Å²) in [6.45, 7) is 2.10. The number of halogens is 1. The van der Waals surface area contributed by atoms with Crippen LogP contribution in [0.5, 0.6) is 0 Å². The molecule has 0 spiro atoms. The van der Waals surface area contributed by atoms with E-state index in [4.69, 9.17) is 10.8 Å². The summed E-state index contributed by atoms with van der Waals surface area (Å²) < 4.78 is 12.9. The number of nitrogens with two attached hydrogens (primary N) is 1. The zero-order chi connectivity index (χ0) is 12.1. The van der Waals surface area contributed by atoms with Crippen LogP contribution in [0.1, 0.15) is 17.3 Å². The number of carbonyl (C=O) groups is 1. The number of carbonyl (C=O) groups excluding carboxylic acids is 1. The van der Waals surface area contributed by atoms with Crippen molar-refractivity contribution in [2.75, 3.05) is 18.9 Å². The van der Waals surface area contributed by atoms with Crippen LogP contribution in [-0.4, -0.2) is 24.2 Å².